The fourth-order valence-corrected chi connectivity index (χ4v) is 2.33. The third-order valence-electron chi connectivity index (χ3n) is 2.74. The summed E-state index contributed by atoms with van der Waals surface area (Å²) in [6.07, 6.45) is 2.37. The van der Waals surface area contributed by atoms with Crippen LogP contribution in [0.1, 0.15) is 11.1 Å². The zero-order chi connectivity index (χ0) is 16.1. The Bertz CT molecular complexity index is 689. The number of rotatable bonds is 5. The first-order chi connectivity index (χ1) is 10.5. The van der Waals surface area contributed by atoms with Crippen molar-refractivity contribution in [1.82, 2.24) is 0 Å². The monoisotopic (exact) mass is 340 g/mol. The molecule has 0 unspecified atom stereocenters. The quantitative estimate of drug-likeness (QED) is 0.794. The fraction of sp³-hybridized carbons (Fsp3) is 0.0625. The van der Waals surface area contributed by atoms with Gasteiger partial charge >= 0.3 is 5.97 Å². The van der Waals surface area contributed by atoms with Gasteiger partial charge < -0.3 is 9.84 Å². The van der Waals surface area contributed by atoms with E-state index in [1.165, 1.54) is 18.2 Å². The molecule has 0 fully saturated rings. The van der Waals surface area contributed by atoms with Gasteiger partial charge in [0.1, 0.15) is 12.4 Å². The van der Waals surface area contributed by atoms with Gasteiger partial charge in [-0.3, -0.25) is 0 Å². The standard InChI is InChI=1S/C16H11Cl2FO3/c17-13-7-11(3-6-15(20)21)8-14(18)16(13)22-9-10-1-4-12(19)5-2-10/h1-8H,9H2,(H,20,21)/b6-3+. The first-order valence-corrected chi connectivity index (χ1v) is 6.98. The minimum Gasteiger partial charge on any atom is -0.486 e. The molecule has 0 saturated heterocycles. The van der Waals surface area contributed by atoms with Gasteiger partial charge in [0.2, 0.25) is 0 Å². The van der Waals surface area contributed by atoms with E-state index in [9.17, 15) is 9.18 Å². The number of ether oxygens (including phenoxy) is 1. The van der Waals surface area contributed by atoms with E-state index in [0.717, 1.165) is 11.6 Å². The molecule has 114 valence electrons. The van der Waals surface area contributed by atoms with Crippen molar-refractivity contribution in [1.29, 1.82) is 0 Å². The van der Waals surface area contributed by atoms with Crippen LogP contribution in [0.4, 0.5) is 4.39 Å². The van der Waals surface area contributed by atoms with Gasteiger partial charge in [-0.1, -0.05) is 35.3 Å². The highest BCUT2D eigenvalue weighted by Gasteiger charge is 2.09. The minimum atomic E-state index is -1.07. The molecule has 0 bridgehead atoms. The lowest BCUT2D eigenvalue weighted by Gasteiger charge is -2.11. The lowest BCUT2D eigenvalue weighted by atomic mass is 10.2. The van der Waals surface area contributed by atoms with Crippen LogP contribution in [0.2, 0.25) is 10.0 Å². The molecule has 1 N–H and O–H groups in total. The Morgan fingerprint density at radius 2 is 1.77 bits per heavy atom. The van der Waals surface area contributed by atoms with E-state index in [1.807, 2.05) is 0 Å². The Hall–Kier alpha value is -2.04. The number of hydrogen-bond acceptors (Lipinski definition) is 2. The first kappa shape index (κ1) is 16.3. The van der Waals surface area contributed by atoms with Crippen LogP contribution in [0.25, 0.3) is 6.08 Å². The summed E-state index contributed by atoms with van der Waals surface area (Å²) in [5.74, 6) is -1.10. The molecular weight excluding hydrogens is 330 g/mol. The van der Waals surface area contributed by atoms with Crippen LogP contribution in [0.3, 0.4) is 0 Å². The fourth-order valence-electron chi connectivity index (χ4n) is 1.72. The molecule has 0 aromatic heterocycles. The highest BCUT2D eigenvalue weighted by molar-refractivity contribution is 6.37. The lowest BCUT2D eigenvalue weighted by Crippen LogP contribution is -1.97. The molecule has 6 heteroatoms. The highest BCUT2D eigenvalue weighted by Crippen LogP contribution is 2.35. The minimum absolute atomic E-state index is 0.185. The van der Waals surface area contributed by atoms with Crippen molar-refractivity contribution < 1.29 is 19.0 Å². The third-order valence-corrected chi connectivity index (χ3v) is 3.30. The van der Waals surface area contributed by atoms with Crippen molar-refractivity contribution >= 4 is 35.2 Å². The van der Waals surface area contributed by atoms with Crippen molar-refractivity contribution in [3.8, 4) is 5.75 Å². The van der Waals surface area contributed by atoms with Crippen LogP contribution in [0, 0.1) is 5.82 Å². The van der Waals surface area contributed by atoms with Gasteiger partial charge in [0.05, 0.1) is 10.0 Å². The van der Waals surface area contributed by atoms with E-state index in [2.05, 4.69) is 0 Å². The van der Waals surface area contributed by atoms with Gasteiger partial charge in [0.25, 0.3) is 0 Å². The molecular formula is C16H11Cl2FO3. The van der Waals surface area contributed by atoms with Gasteiger partial charge in [0, 0.05) is 6.08 Å². The number of aliphatic carboxylic acids is 1. The zero-order valence-corrected chi connectivity index (χ0v) is 12.7. The van der Waals surface area contributed by atoms with Crippen molar-refractivity contribution in [3.05, 3.63) is 69.5 Å². The number of carbonyl (C=O) groups is 1. The van der Waals surface area contributed by atoms with E-state index in [0.29, 0.717) is 11.3 Å². The maximum Gasteiger partial charge on any atom is 0.328 e. The van der Waals surface area contributed by atoms with Gasteiger partial charge in [-0.2, -0.15) is 0 Å². The smallest absolute Gasteiger partial charge is 0.328 e. The Kier molecular flexibility index (Phi) is 5.41. The summed E-state index contributed by atoms with van der Waals surface area (Å²) in [6.45, 7) is 0.185. The second kappa shape index (κ2) is 7.29. The summed E-state index contributed by atoms with van der Waals surface area (Å²) >= 11 is 12.2. The molecule has 2 aromatic rings. The van der Waals surface area contributed by atoms with E-state index >= 15 is 0 Å². The normalized spacial score (nSPS) is 10.9. The maximum absolute atomic E-state index is 12.8. The molecule has 0 saturated carbocycles. The zero-order valence-electron chi connectivity index (χ0n) is 11.2. The van der Waals surface area contributed by atoms with Crippen LogP contribution >= 0.6 is 23.2 Å². The van der Waals surface area contributed by atoms with E-state index in [-0.39, 0.29) is 22.5 Å². The molecule has 0 spiro atoms. The predicted octanol–water partition coefficient (Wildman–Crippen LogP) is 4.81. The molecule has 2 rings (SSSR count). The van der Waals surface area contributed by atoms with Crippen molar-refractivity contribution in [2.75, 3.05) is 0 Å². The summed E-state index contributed by atoms with van der Waals surface area (Å²) in [7, 11) is 0. The second-order valence-corrected chi connectivity index (χ2v) is 5.21. The van der Waals surface area contributed by atoms with Crippen LogP contribution in [-0.4, -0.2) is 11.1 Å². The van der Waals surface area contributed by atoms with Gasteiger partial charge in [-0.05, 0) is 41.5 Å². The molecule has 0 heterocycles. The molecule has 0 radical (unpaired) electrons. The molecule has 0 aliphatic heterocycles. The maximum atomic E-state index is 12.8. The summed E-state index contributed by atoms with van der Waals surface area (Å²) in [5.41, 5.74) is 1.31. The number of carboxylic acid groups (broad SMARTS) is 1. The number of benzene rings is 2. The predicted molar refractivity (Wildman–Crippen MR) is 83.9 cm³/mol. The number of halogens is 3. The Morgan fingerprint density at radius 1 is 1.18 bits per heavy atom. The SMILES string of the molecule is O=C(O)/C=C/c1cc(Cl)c(OCc2ccc(F)cc2)c(Cl)c1. The topological polar surface area (TPSA) is 46.5 Å². The lowest BCUT2D eigenvalue weighted by molar-refractivity contribution is -0.131. The van der Waals surface area contributed by atoms with Gasteiger partial charge in [-0.25, -0.2) is 9.18 Å². The average molecular weight is 341 g/mol. The van der Waals surface area contributed by atoms with Crippen LogP contribution in [0.15, 0.2) is 42.5 Å². The molecule has 3 nitrogen and oxygen atoms in total. The number of hydrogen-bond donors (Lipinski definition) is 1. The average Bonchev–Trinajstić information content (AvgIpc) is 2.46. The van der Waals surface area contributed by atoms with Crippen LogP contribution < -0.4 is 4.74 Å². The second-order valence-electron chi connectivity index (χ2n) is 4.40. The van der Waals surface area contributed by atoms with E-state index in [1.54, 1.807) is 24.3 Å². The summed E-state index contributed by atoms with van der Waals surface area (Å²) in [4.78, 5) is 10.5. The summed E-state index contributed by atoms with van der Waals surface area (Å²) in [6, 6.07) is 8.96. The molecule has 0 aliphatic carbocycles. The molecule has 0 atom stereocenters. The molecule has 2 aromatic carbocycles. The Morgan fingerprint density at radius 3 is 2.32 bits per heavy atom. The van der Waals surface area contributed by atoms with Gasteiger partial charge in [-0.15, -0.1) is 0 Å². The highest BCUT2D eigenvalue weighted by atomic mass is 35.5. The van der Waals surface area contributed by atoms with E-state index < -0.39 is 5.97 Å². The van der Waals surface area contributed by atoms with Crippen molar-refractivity contribution in [2.24, 2.45) is 0 Å². The van der Waals surface area contributed by atoms with Crippen LogP contribution in [0.5, 0.6) is 5.75 Å². The molecule has 0 aliphatic rings. The van der Waals surface area contributed by atoms with Crippen molar-refractivity contribution in [2.45, 2.75) is 6.61 Å². The largest absolute Gasteiger partial charge is 0.486 e. The van der Waals surface area contributed by atoms with Crippen LogP contribution in [-0.2, 0) is 11.4 Å². The summed E-state index contributed by atoms with van der Waals surface area (Å²) in [5, 5.41) is 9.12. The molecule has 0 amide bonds. The molecule has 22 heavy (non-hydrogen) atoms. The first-order valence-electron chi connectivity index (χ1n) is 6.23. The van der Waals surface area contributed by atoms with Gasteiger partial charge in [0.15, 0.2) is 5.75 Å². The number of carboxylic acids is 1. The Labute approximate surface area is 136 Å². The van der Waals surface area contributed by atoms with E-state index in [4.69, 9.17) is 33.0 Å². The Balaban J connectivity index is 2.14. The third kappa shape index (κ3) is 4.48. The van der Waals surface area contributed by atoms with Crippen molar-refractivity contribution in [3.63, 3.8) is 0 Å². The summed E-state index contributed by atoms with van der Waals surface area (Å²) < 4.78 is 18.4.